The smallest absolute Gasteiger partial charge is 0.416 e. The molecule has 0 aromatic heterocycles. The van der Waals surface area contributed by atoms with Crippen LogP contribution in [-0.4, -0.2) is 47.0 Å². The number of nitrogens with one attached hydrogen (secondary N) is 1. The Bertz CT molecular complexity index is 1410. The maximum atomic E-state index is 13.6. The predicted octanol–water partition coefficient (Wildman–Crippen LogP) is 5.85. The van der Waals surface area contributed by atoms with Crippen molar-refractivity contribution < 1.29 is 32.3 Å². The molecule has 1 aliphatic heterocycles. The molecule has 41 heavy (non-hydrogen) atoms. The zero-order chi connectivity index (χ0) is 29.6. The highest BCUT2D eigenvalue weighted by molar-refractivity contribution is 7.80. The third-order valence-electron chi connectivity index (χ3n) is 6.52. The molecule has 3 aromatic carbocycles. The van der Waals surface area contributed by atoms with E-state index in [9.17, 15) is 27.6 Å². The van der Waals surface area contributed by atoms with Crippen LogP contribution in [0.4, 0.5) is 24.5 Å². The lowest BCUT2D eigenvalue weighted by Gasteiger charge is -2.24. The van der Waals surface area contributed by atoms with Gasteiger partial charge in [0, 0.05) is 12.2 Å². The van der Waals surface area contributed by atoms with Gasteiger partial charge in [-0.2, -0.15) is 13.2 Å². The van der Waals surface area contributed by atoms with Gasteiger partial charge in [-0.05, 0) is 80.0 Å². The Kier molecular flexibility index (Phi) is 9.38. The zero-order valence-electron chi connectivity index (χ0n) is 22.2. The molecule has 2 amide bonds. The number of thiocarbonyl (C=S) groups is 1. The van der Waals surface area contributed by atoms with E-state index in [-0.39, 0.29) is 23.8 Å². The molecule has 0 radical (unpaired) electrons. The summed E-state index contributed by atoms with van der Waals surface area (Å²) in [6, 6.07) is 19.2. The van der Waals surface area contributed by atoms with Gasteiger partial charge < -0.3 is 15.0 Å². The molecule has 214 valence electrons. The van der Waals surface area contributed by atoms with Gasteiger partial charge in [0.15, 0.2) is 5.11 Å². The first kappa shape index (κ1) is 29.7. The Morgan fingerprint density at radius 2 is 1.71 bits per heavy atom. The molecule has 11 heteroatoms. The second-order valence-electron chi connectivity index (χ2n) is 9.35. The number of halogens is 3. The van der Waals surface area contributed by atoms with Crippen LogP contribution < -0.4 is 10.2 Å². The van der Waals surface area contributed by atoms with Crippen LogP contribution in [-0.2, 0) is 26.9 Å². The molecule has 7 nitrogen and oxygen atoms in total. The lowest BCUT2D eigenvalue weighted by atomic mass is 10.1. The lowest BCUT2D eigenvalue weighted by Crippen LogP contribution is -2.38. The van der Waals surface area contributed by atoms with Crippen molar-refractivity contribution in [2.24, 2.45) is 0 Å². The maximum absolute atomic E-state index is 13.6. The molecule has 1 unspecified atom stereocenters. The van der Waals surface area contributed by atoms with Gasteiger partial charge in [0.25, 0.3) is 5.91 Å². The van der Waals surface area contributed by atoms with E-state index in [0.717, 1.165) is 22.6 Å². The van der Waals surface area contributed by atoms with Crippen LogP contribution in [0, 0.1) is 0 Å². The SMILES string of the molecule is CCOC(=O)c1ccc(NC(=O)CC2C(=O)N(c3cccc(C(F)(F)F)c3)C(=S)N2CCCc2ccccc2)cc1. The molecule has 1 N–H and O–H groups in total. The highest BCUT2D eigenvalue weighted by atomic mass is 32.1. The van der Waals surface area contributed by atoms with Crippen molar-refractivity contribution in [1.29, 1.82) is 0 Å². The van der Waals surface area contributed by atoms with E-state index in [4.69, 9.17) is 17.0 Å². The fourth-order valence-corrected chi connectivity index (χ4v) is 4.95. The number of carbonyl (C=O) groups is 3. The molecule has 0 bridgehead atoms. The quantitative estimate of drug-likeness (QED) is 0.239. The maximum Gasteiger partial charge on any atom is 0.416 e. The average molecular weight is 584 g/mol. The largest absolute Gasteiger partial charge is 0.462 e. The minimum absolute atomic E-state index is 0.0136. The highest BCUT2D eigenvalue weighted by Crippen LogP contribution is 2.34. The first-order valence-corrected chi connectivity index (χ1v) is 13.4. The predicted molar refractivity (Wildman–Crippen MR) is 152 cm³/mol. The van der Waals surface area contributed by atoms with Crippen molar-refractivity contribution in [2.45, 2.75) is 38.4 Å². The monoisotopic (exact) mass is 583 g/mol. The second-order valence-corrected chi connectivity index (χ2v) is 9.72. The van der Waals surface area contributed by atoms with Gasteiger partial charge in [0.05, 0.1) is 29.8 Å². The third-order valence-corrected chi connectivity index (χ3v) is 6.93. The summed E-state index contributed by atoms with van der Waals surface area (Å²) in [6.07, 6.45) is -3.60. The fourth-order valence-electron chi connectivity index (χ4n) is 4.54. The van der Waals surface area contributed by atoms with Gasteiger partial charge >= 0.3 is 12.1 Å². The molecule has 1 heterocycles. The molecule has 3 aromatic rings. The molecule has 4 rings (SSSR count). The van der Waals surface area contributed by atoms with Crippen LogP contribution in [0.5, 0.6) is 0 Å². The summed E-state index contributed by atoms with van der Waals surface area (Å²) in [7, 11) is 0. The number of benzene rings is 3. The average Bonchev–Trinajstić information content (AvgIpc) is 3.17. The van der Waals surface area contributed by atoms with Gasteiger partial charge in [-0.1, -0.05) is 36.4 Å². The van der Waals surface area contributed by atoms with Crippen LogP contribution in [0.15, 0.2) is 78.9 Å². The second kappa shape index (κ2) is 12.9. The summed E-state index contributed by atoms with van der Waals surface area (Å²) >= 11 is 5.58. The number of amides is 2. The Hall–Kier alpha value is -4.25. The van der Waals surface area contributed by atoms with Crippen molar-refractivity contribution in [2.75, 3.05) is 23.4 Å². The first-order chi connectivity index (χ1) is 19.6. The van der Waals surface area contributed by atoms with E-state index in [1.165, 1.54) is 36.4 Å². The van der Waals surface area contributed by atoms with Gasteiger partial charge in [0.2, 0.25) is 5.91 Å². The van der Waals surface area contributed by atoms with E-state index in [0.29, 0.717) is 30.6 Å². The van der Waals surface area contributed by atoms with Crippen molar-refractivity contribution in [3.63, 3.8) is 0 Å². The standard InChI is InChI=1S/C30H28F3N3O4S/c1-2-40-28(39)21-13-15-23(16-14-21)34-26(37)19-25-27(38)36(24-12-6-11-22(18-24)30(31,32)33)29(41)35(25)17-7-10-20-8-4-3-5-9-20/h3-6,8-9,11-16,18,25H,2,7,10,17,19H2,1H3,(H,34,37). The van der Waals surface area contributed by atoms with E-state index >= 15 is 0 Å². The fraction of sp³-hybridized carbons (Fsp3) is 0.267. The molecule has 1 fully saturated rings. The number of esters is 1. The molecule has 1 aliphatic rings. The van der Waals surface area contributed by atoms with Gasteiger partial charge in [0.1, 0.15) is 6.04 Å². The number of hydrogen-bond acceptors (Lipinski definition) is 5. The van der Waals surface area contributed by atoms with Crippen LogP contribution in [0.1, 0.15) is 41.3 Å². The van der Waals surface area contributed by atoms with Crippen LogP contribution in [0.25, 0.3) is 0 Å². The molecule has 0 spiro atoms. The summed E-state index contributed by atoms with van der Waals surface area (Å²) in [6.45, 7) is 2.25. The molecular weight excluding hydrogens is 555 g/mol. The highest BCUT2D eigenvalue weighted by Gasteiger charge is 2.44. The third kappa shape index (κ3) is 7.29. The van der Waals surface area contributed by atoms with Crippen LogP contribution in [0.3, 0.4) is 0 Å². The van der Waals surface area contributed by atoms with Gasteiger partial charge in [-0.15, -0.1) is 0 Å². The zero-order valence-corrected chi connectivity index (χ0v) is 23.0. The van der Waals surface area contributed by atoms with Crippen molar-refractivity contribution >= 4 is 46.5 Å². The number of alkyl halides is 3. The lowest BCUT2D eigenvalue weighted by molar-refractivity contribution is -0.137. The Morgan fingerprint density at radius 1 is 1.00 bits per heavy atom. The summed E-state index contributed by atoms with van der Waals surface area (Å²) in [5, 5.41) is 2.75. The number of rotatable bonds is 10. The summed E-state index contributed by atoms with van der Waals surface area (Å²) in [4.78, 5) is 41.1. The molecule has 0 aliphatic carbocycles. The van der Waals surface area contributed by atoms with E-state index in [2.05, 4.69) is 5.32 Å². The molecule has 1 saturated heterocycles. The van der Waals surface area contributed by atoms with Crippen LogP contribution >= 0.6 is 12.2 Å². The molecule has 0 saturated carbocycles. The van der Waals surface area contributed by atoms with Gasteiger partial charge in [-0.3, -0.25) is 14.5 Å². The Labute approximate surface area is 240 Å². The van der Waals surface area contributed by atoms with Crippen molar-refractivity contribution in [1.82, 2.24) is 4.90 Å². The number of anilines is 2. The van der Waals surface area contributed by atoms with Crippen molar-refractivity contribution in [3.8, 4) is 0 Å². The van der Waals surface area contributed by atoms with Crippen LogP contribution in [0.2, 0.25) is 0 Å². The van der Waals surface area contributed by atoms with E-state index in [1.807, 2.05) is 30.3 Å². The molecule has 1 atom stereocenters. The topological polar surface area (TPSA) is 78.9 Å². The molecular formula is C30H28F3N3O4S. The Morgan fingerprint density at radius 3 is 2.37 bits per heavy atom. The summed E-state index contributed by atoms with van der Waals surface area (Å²) in [5.74, 6) is -1.56. The van der Waals surface area contributed by atoms with E-state index < -0.39 is 35.6 Å². The normalized spacial score (nSPS) is 15.3. The number of ether oxygens (including phenoxy) is 1. The number of hydrogen-bond donors (Lipinski definition) is 1. The Balaban J connectivity index is 1.52. The number of aryl methyl sites for hydroxylation is 1. The van der Waals surface area contributed by atoms with Crippen molar-refractivity contribution in [3.05, 3.63) is 95.6 Å². The van der Waals surface area contributed by atoms with E-state index in [1.54, 1.807) is 11.8 Å². The van der Waals surface area contributed by atoms with Gasteiger partial charge in [-0.25, -0.2) is 4.79 Å². The minimum Gasteiger partial charge on any atom is -0.462 e. The number of nitrogens with zero attached hydrogens (tertiary/aromatic N) is 2. The number of carbonyl (C=O) groups excluding carboxylic acids is 3. The minimum atomic E-state index is -4.60. The summed E-state index contributed by atoms with van der Waals surface area (Å²) in [5.41, 5.74) is 0.886. The summed E-state index contributed by atoms with van der Waals surface area (Å²) < 4.78 is 45.1. The first-order valence-electron chi connectivity index (χ1n) is 13.0.